The van der Waals surface area contributed by atoms with Gasteiger partial charge in [-0.3, -0.25) is 0 Å². The summed E-state index contributed by atoms with van der Waals surface area (Å²) in [6.45, 7) is 4.25. The molecule has 3 nitrogen and oxygen atoms in total. The maximum atomic E-state index is 4.86. The summed E-state index contributed by atoms with van der Waals surface area (Å²) < 4.78 is 0. The number of rotatable bonds is 13. The summed E-state index contributed by atoms with van der Waals surface area (Å²) in [6, 6.07) is 77.8. The van der Waals surface area contributed by atoms with Gasteiger partial charge in [0.15, 0.2) is 0 Å². The minimum Gasteiger partial charge on any atom is -0.305 e. The van der Waals surface area contributed by atoms with Gasteiger partial charge in [-0.05, 0) is 100 Å². The predicted molar refractivity (Wildman–Crippen MR) is 272 cm³/mol. The third-order valence-electron chi connectivity index (χ3n) is 12.5. The van der Waals surface area contributed by atoms with E-state index in [1.807, 2.05) is 55.0 Å². The van der Waals surface area contributed by atoms with Crippen molar-refractivity contribution in [2.75, 3.05) is 0 Å². The first-order chi connectivity index (χ1) is 32.5. The van der Waals surface area contributed by atoms with Gasteiger partial charge in [0.1, 0.15) is 0 Å². The van der Waals surface area contributed by atoms with Crippen LogP contribution in [0.3, 0.4) is 0 Å². The normalized spacial score (nSPS) is 11.0. The van der Waals surface area contributed by atoms with Crippen LogP contribution in [0.25, 0.3) is 78.3 Å². The average Bonchev–Trinajstić information content (AvgIpc) is 3.39. The van der Waals surface area contributed by atoms with Gasteiger partial charge >= 0.3 is 20.1 Å². The van der Waals surface area contributed by atoms with Gasteiger partial charge in [-0.2, -0.15) is 0 Å². The van der Waals surface area contributed by atoms with Crippen molar-refractivity contribution in [1.82, 2.24) is 15.0 Å². The van der Waals surface area contributed by atoms with E-state index in [1.54, 1.807) is 0 Å². The van der Waals surface area contributed by atoms with Crippen molar-refractivity contribution >= 4 is 0 Å². The van der Waals surface area contributed by atoms with E-state index in [-0.39, 0.29) is 20.1 Å². The first-order valence-corrected chi connectivity index (χ1v) is 22.7. The smallest absolute Gasteiger partial charge is 0.305 e. The van der Waals surface area contributed by atoms with Crippen LogP contribution in [0.15, 0.2) is 207 Å². The molecule has 0 aliphatic carbocycles. The van der Waals surface area contributed by atoms with Crippen LogP contribution in [-0.2, 0) is 45.8 Å². The number of hydrogen-bond donors (Lipinski definition) is 0. The van der Waals surface area contributed by atoms with Gasteiger partial charge in [0, 0.05) is 18.6 Å². The predicted octanol–water partition coefficient (Wildman–Crippen LogP) is 15.1. The van der Waals surface area contributed by atoms with Crippen molar-refractivity contribution in [3.8, 4) is 78.3 Å². The molecule has 0 bridgehead atoms. The number of aryl methyl sites for hydroxylation is 6. The molecule has 0 unspecified atom stereocenters. The Morgan fingerprint density at radius 2 is 0.881 bits per heavy atom. The van der Waals surface area contributed by atoms with E-state index in [0.29, 0.717) is 0 Å². The van der Waals surface area contributed by atoms with E-state index >= 15 is 0 Å². The molecule has 10 rings (SSSR count). The van der Waals surface area contributed by atoms with Crippen LogP contribution in [0.2, 0.25) is 0 Å². The number of hydrogen-bond acceptors (Lipinski definition) is 3. The van der Waals surface area contributed by atoms with Crippen molar-refractivity contribution in [2.45, 2.75) is 39.5 Å². The first kappa shape index (κ1) is 44.8. The summed E-state index contributed by atoms with van der Waals surface area (Å²) in [7, 11) is 0. The summed E-state index contributed by atoms with van der Waals surface area (Å²) in [4.78, 5) is 13.9. The zero-order chi connectivity index (χ0) is 44.7. The van der Waals surface area contributed by atoms with Gasteiger partial charge in [-0.1, -0.05) is 162 Å². The molecule has 0 amide bonds. The van der Waals surface area contributed by atoms with Crippen molar-refractivity contribution in [3.05, 3.63) is 258 Å². The molecule has 0 aliphatic rings. The van der Waals surface area contributed by atoms with Gasteiger partial charge in [-0.15, -0.1) is 94.5 Å². The van der Waals surface area contributed by atoms with Crippen LogP contribution in [0, 0.1) is 32.0 Å². The van der Waals surface area contributed by atoms with Gasteiger partial charge in [0.25, 0.3) is 0 Å². The molecule has 0 spiro atoms. The van der Waals surface area contributed by atoms with Crippen molar-refractivity contribution in [1.29, 1.82) is 0 Å². The Labute approximate surface area is 408 Å². The van der Waals surface area contributed by atoms with Crippen LogP contribution in [0.4, 0.5) is 0 Å². The summed E-state index contributed by atoms with van der Waals surface area (Å²) >= 11 is 0. The van der Waals surface area contributed by atoms with E-state index in [0.717, 1.165) is 81.7 Å². The molecule has 324 valence electrons. The second-order valence-corrected chi connectivity index (χ2v) is 17.0. The van der Waals surface area contributed by atoms with Crippen LogP contribution in [0.1, 0.15) is 33.4 Å². The zero-order valence-electron chi connectivity index (χ0n) is 37.6. The molecule has 0 fully saturated rings. The molecular formula is C63H48IrN3. The van der Waals surface area contributed by atoms with E-state index in [2.05, 4.69) is 194 Å². The molecule has 0 N–H and O–H groups in total. The Hall–Kier alpha value is -7.36. The molecule has 0 saturated carbocycles. The topological polar surface area (TPSA) is 38.7 Å². The standard InChI is InChI=1S/C63H48N3.Ir/c1-44-38-63(66-43-45(44)2)55-34-35-59(60(42-55)52-32-30-51(31-33-52)50-12-4-3-5-13-50)58-15-7-6-14-57(58)56-40-48(20-18-46-22-26-53(27-23-46)61-16-8-10-36-64-61)39-49(41-56)21-19-47-24-28-54(29-25-47)62-17-9-11-37-65-62;/h3-17,22-26,28,30-33,35-43H,18-21H2,1-2H3;/q-3;+3. The molecule has 0 atom stereocenters. The van der Waals surface area contributed by atoms with E-state index in [9.17, 15) is 0 Å². The maximum Gasteiger partial charge on any atom is 3.00 e. The summed E-state index contributed by atoms with van der Waals surface area (Å²) in [5.41, 5.74) is 22.7. The van der Waals surface area contributed by atoms with Crippen LogP contribution < -0.4 is 0 Å². The third-order valence-corrected chi connectivity index (χ3v) is 12.5. The fraction of sp³-hybridized carbons (Fsp3) is 0.0952. The molecule has 7 aromatic carbocycles. The quantitative estimate of drug-likeness (QED) is 0.108. The number of aromatic nitrogens is 3. The van der Waals surface area contributed by atoms with Crippen LogP contribution in [-0.4, -0.2) is 15.0 Å². The number of pyridine rings is 3. The van der Waals surface area contributed by atoms with Gasteiger partial charge in [0.05, 0.1) is 0 Å². The molecule has 3 aromatic heterocycles. The van der Waals surface area contributed by atoms with Crippen LogP contribution in [0.5, 0.6) is 0 Å². The monoisotopic (exact) mass is 1040 g/mol. The molecule has 3 heterocycles. The number of nitrogens with zero attached hydrogens (tertiary/aromatic N) is 3. The van der Waals surface area contributed by atoms with E-state index < -0.39 is 0 Å². The molecule has 0 radical (unpaired) electrons. The SMILES string of the molecule is Cc1cnc(-c2[c-]cc(-c3ccccc3-c3cc(CCc4c[c-]c(-c5ccccn5)cc4)cc(CCc4c[c-]c(-c5ccccn5)cc4)c3)c(-c3ccc(-c4ccccc4)cc3)c2)cc1C.[Ir+3]. The minimum absolute atomic E-state index is 0. The molecule has 10 aromatic rings. The van der Waals surface area contributed by atoms with Gasteiger partial charge in [0.2, 0.25) is 0 Å². The maximum absolute atomic E-state index is 4.86. The summed E-state index contributed by atoms with van der Waals surface area (Å²) in [5, 5.41) is 0. The van der Waals surface area contributed by atoms with E-state index in [4.69, 9.17) is 4.98 Å². The van der Waals surface area contributed by atoms with Crippen molar-refractivity contribution in [2.24, 2.45) is 0 Å². The second kappa shape index (κ2) is 20.9. The fourth-order valence-corrected chi connectivity index (χ4v) is 8.69. The molecule has 0 aliphatic heterocycles. The van der Waals surface area contributed by atoms with Gasteiger partial charge < -0.3 is 15.0 Å². The summed E-state index contributed by atoms with van der Waals surface area (Å²) in [6.07, 6.45) is 9.23. The average molecular weight is 1040 g/mol. The fourth-order valence-electron chi connectivity index (χ4n) is 8.69. The Morgan fingerprint density at radius 1 is 0.343 bits per heavy atom. The Bertz CT molecular complexity index is 3120. The molecular weight excluding hydrogens is 991 g/mol. The zero-order valence-corrected chi connectivity index (χ0v) is 40.0. The van der Waals surface area contributed by atoms with Crippen molar-refractivity contribution < 1.29 is 20.1 Å². The second-order valence-electron chi connectivity index (χ2n) is 17.0. The third kappa shape index (κ3) is 10.5. The number of benzene rings is 7. The minimum atomic E-state index is 0. The molecule has 0 saturated heterocycles. The van der Waals surface area contributed by atoms with Gasteiger partial charge in [-0.25, -0.2) is 0 Å². The largest absolute Gasteiger partial charge is 3.00 e. The Kier molecular flexibility index (Phi) is 14.0. The Morgan fingerprint density at radius 3 is 1.45 bits per heavy atom. The van der Waals surface area contributed by atoms with E-state index in [1.165, 1.54) is 55.6 Å². The first-order valence-electron chi connectivity index (χ1n) is 22.7. The van der Waals surface area contributed by atoms with Crippen molar-refractivity contribution in [3.63, 3.8) is 0 Å². The van der Waals surface area contributed by atoms with Crippen LogP contribution >= 0.6 is 0 Å². The molecule has 67 heavy (non-hydrogen) atoms. The molecule has 4 heteroatoms. The summed E-state index contributed by atoms with van der Waals surface area (Å²) in [5.74, 6) is 0. The Balaban J connectivity index is 0.00000562.